The molecule has 2 heterocycles. The second-order valence-electron chi connectivity index (χ2n) is 7.46. The summed E-state index contributed by atoms with van der Waals surface area (Å²) in [6, 6.07) is 2.05. The first-order valence-electron chi connectivity index (χ1n) is 7.82. The fourth-order valence-electron chi connectivity index (χ4n) is 2.61. The molecule has 1 aliphatic heterocycles. The molecule has 1 aromatic rings. The Balaban J connectivity index is 2.27. The van der Waals surface area contributed by atoms with Crippen molar-refractivity contribution in [2.24, 2.45) is 17.3 Å². The maximum atomic E-state index is 12.8. The first-order chi connectivity index (χ1) is 9.74. The maximum absolute atomic E-state index is 12.8. The molecule has 1 N–H and O–H groups in total. The van der Waals surface area contributed by atoms with Gasteiger partial charge >= 0.3 is 0 Å². The summed E-state index contributed by atoms with van der Waals surface area (Å²) in [5, 5.41) is 7.76. The van der Waals surface area contributed by atoms with Crippen molar-refractivity contribution in [3.8, 4) is 0 Å². The van der Waals surface area contributed by atoms with Crippen molar-refractivity contribution in [3.05, 3.63) is 22.4 Å². The summed E-state index contributed by atoms with van der Waals surface area (Å²) >= 11 is 1.69. The monoisotopic (exact) mass is 308 g/mol. The summed E-state index contributed by atoms with van der Waals surface area (Å²) in [4.78, 5) is 14.9. The molecular formula is C17H28N2OS. The van der Waals surface area contributed by atoms with Gasteiger partial charge in [-0.15, -0.1) is 0 Å². The van der Waals surface area contributed by atoms with Crippen LogP contribution in [0.15, 0.2) is 16.8 Å². The van der Waals surface area contributed by atoms with Gasteiger partial charge < -0.3 is 4.90 Å². The van der Waals surface area contributed by atoms with Crippen LogP contribution in [0.4, 0.5) is 0 Å². The van der Waals surface area contributed by atoms with E-state index in [0.717, 1.165) is 6.54 Å². The van der Waals surface area contributed by atoms with Crippen LogP contribution in [0.3, 0.4) is 0 Å². The van der Waals surface area contributed by atoms with Crippen LogP contribution >= 0.6 is 11.3 Å². The first-order valence-corrected chi connectivity index (χ1v) is 8.77. The molecule has 3 nitrogen and oxygen atoms in total. The number of hydrogen-bond acceptors (Lipinski definition) is 3. The van der Waals surface area contributed by atoms with Crippen LogP contribution in [-0.2, 0) is 4.79 Å². The third kappa shape index (κ3) is 3.32. The van der Waals surface area contributed by atoms with Crippen molar-refractivity contribution in [2.45, 2.75) is 53.8 Å². The maximum Gasteiger partial charge on any atom is 0.241 e. The molecular weight excluding hydrogens is 280 g/mol. The van der Waals surface area contributed by atoms with Gasteiger partial charge in [-0.2, -0.15) is 11.3 Å². The number of thiophene rings is 1. The van der Waals surface area contributed by atoms with Gasteiger partial charge in [-0.3, -0.25) is 10.1 Å². The molecule has 1 aliphatic rings. The third-order valence-electron chi connectivity index (χ3n) is 4.86. The van der Waals surface area contributed by atoms with Gasteiger partial charge in [0.1, 0.15) is 6.17 Å². The van der Waals surface area contributed by atoms with E-state index in [-0.39, 0.29) is 23.5 Å². The lowest BCUT2D eigenvalue weighted by atomic mass is 9.80. The zero-order chi connectivity index (χ0) is 15.8. The molecule has 0 bridgehead atoms. The van der Waals surface area contributed by atoms with E-state index in [4.69, 9.17) is 0 Å². The summed E-state index contributed by atoms with van der Waals surface area (Å²) in [7, 11) is 0. The smallest absolute Gasteiger partial charge is 0.241 e. The van der Waals surface area contributed by atoms with Crippen LogP contribution < -0.4 is 5.32 Å². The lowest BCUT2D eigenvalue weighted by molar-refractivity contribution is -0.132. The fourth-order valence-corrected chi connectivity index (χ4v) is 3.29. The largest absolute Gasteiger partial charge is 0.321 e. The average Bonchev–Trinajstić information content (AvgIpc) is 2.98. The van der Waals surface area contributed by atoms with E-state index in [2.05, 4.69) is 63.7 Å². The Morgan fingerprint density at radius 1 is 1.33 bits per heavy atom. The lowest BCUT2D eigenvalue weighted by Gasteiger charge is -2.36. The number of hydrogen-bond donors (Lipinski definition) is 1. The molecule has 4 heteroatoms. The minimum Gasteiger partial charge on any atom is -0.321 e. The summed E-state index contributed by atoms with van der Waals surface area (Å²) in [5.41, 5.74) is 1.31. The first kappa shape index (κ1) is 16.5. The third-order valence-corrected chi connectivity index (χ3v) is 5.57. The zero-order valence-corrected chi connectivity index (χ0v) is 14.8. The molecule has 1 aromatic heterocycles. The zero-order valence-electron chi connectivity index (χ0n) is 14.0. The SMILES string of the molecule is CC(C)C1NC(c2ccsc2)N(CC(C)(C)C(C)C)C1=O. The van der Waals surface area contributed by atoms with Crippen molar-refractivity contribution in [2.75, 3.05) is 6.54 Å². The molecule has 21 heavy (non-hydrogen) atoms. The van der Waals surface area contributed by atoms with Crippen LogP contribution in [0.2, 0.25) is 0 Å². The van der Waals surface area contributed by atoms with E-state index < -0.39 is 0 Å². The van der Waals surface area contributed by atoms with E-state index in [1.165, 1.54) is 5.56 Å². The van der Waals surface area contributed by atoms with Gasteiger partial charge in [0.2, 0.25) is 5.91 Å². The fraction of sp³-hybridized carbons (Fsp3) is 0.706. The Labute approximate surface area is 132 Å². The van der Waals surface area contributed by atoms with Crippen molar-refractivity contribution in [3.63, 3.8) is 0 Å². The van der Waals surface area contributed by atoms with Crippen LogP contribution in [0, 0.1) is 17.3 Å². The molecule has 0 saturated carbocycles. The lowest BCUT2D eigenvalue weighted by Crippen LogP contribution is -2.41. The standard InChI is InChI=1S/C17H28N2OS/c1-11(2)14-16(20)19(10-17(5,6)12(3)4)15(18-14)13-7-8-21-9-13/h7-9,11-12,14-15,18H,10H2,1-6H3. The Bertz CT molecular complexity index is 479. The molecule has 118 valence electrons. The van der Waals surface area contributed by atoms with Gasteiger partial charge in [0.15, 0.2) is 0 Å². The van der Waals surface area contributed by atoms with Crippen molar-refractivity contribution in [1.29, 1.82) is 0 Å². The number of amides is 1. The van der Waals surface area contributed by atoms with E-state index in [9.17, 15) is 4.79 Å². The van der Waals surface area contributed by atoms with E-state index in [1.54, 1.807) is 11.3 Å². The number of rotatable bonds is 5. The molecule has 0 aliphatic carbocycles. The predicted octanol–water partition coefficient (Wildman–Crippen LogP) is 3.89. The number of nitrogens with one attached hydrogen (secondary N) is 1. The number of nitrogens with zero attached hydrogens (tertiary/aromatic N) is 1. The molecule has 2 atom stereocenters. The van der Waals surface area contributed by atoms with Gasteiger partial charge in [-0.25, -0.2) is 0 Å². The van der Waals surface area contributed by atoms with Gasteiger partial charge in [-0.05, 0) is 39.6 Å². The summed E-state index contributed by atoms with van der Waals surface area (Å²) < 4.78 is 0. The molecule has 0 radical (unpaired) electrons. The summed E-state index contributed by atoms with van der Waals surface area (Å²) in [6.07, 6.45) is 0.0224. The highest BCUT2D eigenvalue weighted by Crippen LogP contribution is 2.35. The second kappa shape index (κ2) is 6.09. The van der Waals surface area contributed by atoms with Gasteiger partial charge in [0, 0.05) is 6.54 Å². The Hall–Kier alpha value is -0.870. The average molecular weight is 308 g/mol. The van der Waals surface area contributed by atoms with E-state index >= 15 is 0 Å². The van der Waals surface area contributed by atoms with Crippen LogP contribution in [-0.4, -0.2) is 23.4 Å². The van der Waals surface area contributed by atoms with Crippen LogP contribution in [0.5, 0.6) is 0 Å². The molecule has 0 spiro atoms. The Morgan fingerprint density at radius 3 is 2.48 bits per heavy atom. The molecule has 1 fully saturated rings. The summed E-state index contributed by atoms with van der Waals surface area (Å²) in [5.74, 6) is 1.09. The normalized spacial score (nSPS) is 23.6. The van der Waals surface area contributed by atoms with Gasteiger partial charge in [0.25, 0.3) is 0 Å². The predicted molar refractivity (Wildman–Crippen MR) is 89.2 cm³/mol. The van der Waals surface area contributed by atoms with Gasteiger partial charge in [-0.1, -0.05) is 41.5 Å². The number of carbonyl (C=O) groups is 1. The molecule has 2 unspecified atom stereocenters. The minimum absolute atomic E-state index is 0.0224. The van der Waals surface area contributed by atoms with Gasteiger partial charge in [0.05, 0.1) is 6.04 Å². The Kier molecular flexibility index (Phi) is 4.79. The number of carbonyl (C=O) groups excluding carboxylic acids is 1. The highest BCUT2D eigenvalue weighted by molar-refractivity contribution is 7.07. The highest BCUT2D eigenvalue weighted by Gasteiger charge is 2.43. The van der Waals surface area contributed by atoms with Crippen LogP contribution in [0.1, 0.15) is 53.3 Å². The molecule has 2 rings (SSSR count). The summed E-state index contributed by atoms with van der Waals surface area (Å²) in [6.45, 7) is 14.0. The van der Waals surface area contributed by atoms with Crippen LogP contribution in [0.25, 0.3) is 0 Å². The van der Waals surface area contributed by atoms with E-state index in [1.807, 2.05) is 4.90 Å². The molecule has 1 amide bonds. The van der Waals surface area contributed by atoms with Crippen molar-refractivity contribution >= 4 is 17.2 Å². The van der Waals surface area contributed by atoms with E-state index in [0.29, 0.717) is 11.8 Å². The van der Waals surface area contributed by atoms with Crippen molar-refractivity contribution in [1.82, 2.24) is 10.2 Å². The molecule has 0 aromatic carbocycles. The quantitative estimate of drug-likeness (QED) is 0.895. The Morgan fingerprint density at radius 2 is 2.00 bits per heavy atom. The molecule has 1 saturated heterocycles. The van der Waals surface area contributed by atoms with Crippen molar-refractivity contribution < 1.29 is 4.79 Å². The minimum atomic E-state index is -0.0714. The second-order valence-corrected chi connectivity index (χ2v) is 8.24. The highest BCUT2D eigenvalue weighted by atomic mass is 32.1. The topological polar surface area (TPSA) is 32.3 Å².